The molecule has 42 heavy (non-hydrogen) atoms. The minimum atomic E-state index is -1.20. The predicted octanol–water partition coefficient (Wildman–Crippen LogP) is 4.64. The second-order valence-electron chi connectivity index (χ2n) is 9.93. The molecule has 0 aliphatic carbocycles. The van der Waals surface area contributed by atoms with E-state index < -0.39 is 10.8 Å². The van der Waals surface area contributed by atoms with Gasteiger partial charge in [0.1, 0.15) is 10.8 Å². The van der Waals surface area contributed by atoms with E-state index in [-0.39, 0.29) is 29.6 Å². The number of fused-ring (bicyclic) bond motifs is 1. The Hall–Kier alpha value is -3.74. The van der Waals surface area contributed by atoms with Gasteiger partial charge in [-0.1, -0.05) is 37.6 Å². The molecule has 1 aromatic heterocycles. The molecule has 2 aromatic carbocycles. The van der Waals surface area contributed by atoms with Gasteiger partial charge in [0, 0.05) is 17.4 Å². The number of halogens is 1. The summed E-state index contributed by atoms with van der Waals surface area (Å²) in [5, 5.41) is 12.6. The lowest BCUT2D eigenvalue weighted by Crippen LogP contribution is -2.12. The summed E-state index contributed by atoms with van der Waals surface area (Å²) >= 11 is 6.37. The van der Waals surface area contributed by atoms with E-state index in [4.69, 9.17) is 21.1 Å². The number of anilines is 4. The van der Waals surface area contributed by atoms with Gasteiger partial charge >= 0.3 is 0 Å². The van der Waals surface area contributed by atoms with Crippen LogP contribution in [0.5, 0.6) is 5.75 Å². The van der Waals surface area contributed by atoms with Crippen molar-refractivity contribution >= 4 is 57.9 Å². The number of rotatable bonds is 8. The number of carbonyl (C=O) groups is 2. The highest BCUT2D eigenvalue weighted by Gasteiger charge is 2.23. The summed E-state index contributed by atoms with van der Waals surface area (Å²) in [6, 6.07) is 10.9. The van der Waals surface area contributed by atoms with Crippen LogP contribution in [0.4, 0.5) is 23.1 Å². The summed E-state index contributed by atoms with van der Waals surface area (Å²) in [4.78, 5) is 30.2. The molecule has 13 heteroatoms. The molecule has 1 atom stereocenters. The molecule has 0 radical (unpaired) electrons. The van der Waals surface area contributed by atoms with Crippen molar-refractivity contribution in [1.29, 1.82) is 0 Å². The van der Waals surface area contributed by atoms with E-state index in [0.29, 0.717) is 45.0 Å². The summed E-state index contributed by atoms with van der Waals surface area (Å²) in [7, 11) is -1.20. The van der Waals surface area contributed by atoms with Crippen LogP contribution in [0.3, 0.4) is 0 Å². The Kier molecular flexibility index (Phi) is 12.5. The van der Waals surface area contributed by atoms with Crippen LogP contribution < -0.4 is 31.7 Å². The van der Waals surface area contributed by atoms with Crippen LogP contribution in [-0.2, 0) is 22.1 Å². The standard InChI is InChI=1S/C24H26ClN5O3S.C4H9N.CH3NO/c1-13(2)33-20-9-15-11-26-23(31)16(15)10-19(20)29-24-27-12-17(25)22(30-24)28-18-7-5-6-8-21(18)34(32)14(3)4;1-2-4-5-3-1;2-1-3/h5-10,12-14H,11H2,1-4H3,(H,26,31)(H2,27,28,29,30);5H,1-4H2;1H,(H2,2,3). The van der Waals surface area contributed by atoms with E-state index in [9.17, 15) is 9.00 Å². The molecule has 2 aliphatic heterocycles. The van der Waals surface area contributed by atoms with E-state index in [0.717, 1.165) is 5.56 Å². The van der Waals surface area contributed by atoms with Gasteiger partial charge in [0.25, 0.3) is 5.91 Å². The highest BCUT2D eigenvalue weighted by atomic mass is 35.5. The minimum absolute atomic E-state index is 0.0440. The number of hydrogen-bond donors (Lipinski definition) is 5. The van der Waals surface area contributed by atoms with Gasteiger partial charge in [0.15, 0.2) is 5.82 Å². The van der Waals surface area contributed by atoms with Crippen LogP contribution in [0.15, 0.2) is 47.5 Å². The highest BCUT2D eigenvalue weighted by Crippen LogP contribution is 2.34. The zero-order valence-electron chi connectivity index (χ0n) is 24.2. The fourth-order valence-corrected chi connectivity index (χ4v) is 5.28. The molecule has 1 fully saturated rings. The number of primary amides is 1. The van der Waals surface area contributed by atoms with E-state index in [2.05, 4.69) is 37.0 Å². The summed E-state index contributed by atoms with van der Waals surface area (Å²) < 4.78 is 18.7. The topological polar surface area (TPSA) is 160 Å². The van der Waals surface area contributed by atoms with Crippen molar-refractivity contribution in [2.75, 3.05) is 23.7 Å². The van der Waals surface area contributed by atoms with Crippen LogP contribution in [-0.4, -0.2) is 50.9 Å². The first-order valence-corrected chi connectivity index (χ1v) is 15.3. The SMILES string of the molecule is C1CCNC1.CC(C)Oc1cc2c(cc1Nc1ncc(Cl)c(Nc3ccccc3S(=O)C(C)C)n1)C(=O)NC2.NC=O. The third-order valence-corrected chi connectivity index (χ3v) is 7.91. The zero-order chi connectivity index (χ0) is 30.6. The van der Waals surface area contributed by atoms with Gasteiger partial charge in [-0.05, 0) is 69.6 Å². The molecule has 2 aliphatic rings. The monoisotopic (exact) mass is 615 g/mol. The van der Waals surface area contributed by atoms with E-state index in [1.807, 2.05) is 58.0 Å². The number of aromatic nitrogens is 2. The minimum Gasteiger partial charge on any atom is -0.489 e. The number of nitrogens with one attached hydrogen (secondary N) is 4. The molecule has 1 unspecified atom stereocenters. The van der Waals surface area contributed by atoms with Crippen LogP contribution in [0.2, 0.25) is 5.02 Å². The molecule has 226 valence electrons. The van der Waals surface area contributed by atoms with Gasteiger partial charge in [-0.15, -0.1) is 0 Å². The summed E-state index contributed by atoms with van der Waals surface area (Å²) in [5.41, 5.74) is 6.84. The second kappa shape index (κ2) is 16.0. The van der Waals surface area contributed by atoms with Crippen molar-refractivity contribution in [1.82, 2.24) is 20.6 Å². The predicted molar refractivity (Wildman–Crippen MR) is 167 cm³/mol. The molecule has 5 rings (SSSR count). The van der Waals surface area contributed by atoms with Gasteiger partial charge in [0.2, 0.25) is 12.4 Å². The maximum Gasteiger partial charge on any atom is 0.251 e. The van der Waals surface area contributed by atoms with Crippen LogP contribution in [0, 0.1) is 0 Å². The first-order valence-electron chi connectivity index (χ1n) is 13.7. The molecule has 6 N–H and O–H groups in total. The molecular formula is C29H38ClN7O4S. The summed E-state index contributed by atoms with van der Waals surface area (Å²) in [6.07, 6.45) is 4.44. The van der Waals surface area contributed by atoms with Crippen molar-refractivity contribution in [2.24, 2.45) is 5.73 Å². The Morgan fingerprint density at radius 2 is 1.79 bits per heavy atom. The molecule has 1 saturated heterocycles. The lowest BCUT2D eigenvalue weighted by molar-refractivity contribution is -0.106. The number of ether oxygens (including phenoxy) is 1. The maximum atomic E-state index is 12.7. The Balaban J connectivity index is 0.000000529. The maximum absolute atomic E-state index is 12.7. The number of amides is 2. The number of nitrogens with zero attached hydrogens (tertiary/aromatic N) is 2. The number of para-hydroxylation sites is 1. The zero-order valence-corrected chi connectivity index (χ0v) is 25.8. The van der Waals surface area contributed by atoms with E-state index in [1.165, 1.54) is 32.1 Å². The molecule has 0 bridgehead atoms. The molecule has 2 amide bonds. The Morgan fingerprint density at radius 1 is 1.10 bits per heavy atom. The average molecular weight is 616 g/mol. The van der Waals surface area contributed by atoms with Gasteiger partial charge < -0.3 is 31.7 Å². The number of benzene rings is 2. The van der Waals surface area contributed by atoms with Crippen molar-refractivity contribution in [3.8, 4) is 5.75 Å². The lowest BCUT2D eigenvalue weighted by Gasteiger charge is -2.17. The van der Waals surface area contributed by atoms with Gasteiger partial charge in [-0.3, -0.25) is 13.8 Å². The number of carbonyl (C=O) groups excluding carboxylic acids is 2. The van der Waals surface area contributed by atoms with Crippen LogP contribution in [0.1, 0.15) is 56.5 Å². The molecular weight excluding hydrogens is 578 g/mol. The Labute approximate surface area is 253 Å². The van der Waals surface area contributed by atoms with Gasteiger partial charge in [0.05, 0.1) is 39.4 Å². The average Bonchev–Trinajstić information content (AvgIpc) is 3.65. The van der Waals surface area contributed by atoms with Crippen molar-refractivity contribution in [3.63, 3.8) is 0 Å². The quantitative estimate of drug-likeness (QED) is 0.227. The van der Waals surface area contributed by atoms with E-state index >= 15 is 0 Å². The summed E-state index contributed by atoms with van der Waals surface area (Å²) in [6.45, 7) is 10.6. The van der Waals surface area contributed by atoms with Crippen molar-refractivity contribution in [2.45, 2.75) is 63.3 Å². The lowest BCUT2D eigenvalue weighted by atomic mass is 10.1. The first-order chi connectivity index (χ1) is 20.1. The Morgan fingerprint density at radius 3 is 2.40 bits per heavy atom. The van der Waals surface area contributed by atoms with Crippen molar-refractivity contribution in [3.05, 3.63) is 58.7 Å². The number of nitrogens with two attached hydrogens (primary N) is 1. The smallest absolute Gasteiger partial charge is 0.251 e. The fraction of sp³-hybridized carbons (Fsp3) is 0.379. The molecule has 0 saturated carbocycles. The van der Waals surface area contributed by atoms with Gasteiger partial charge in [-0.2, -0.15) is 4.98 Å². The second-order valence-corrected chi connectivity index (χ2v) is 12.3. The largest absolute Gasteiger partial charge is 0.489 e. The molecule has 11 nitrogen and oxygen atoms in total. The third-order valence-electron chi connectivity index (χ3n) is 5.98. The van der Waals surface area contributed by atoms with E-state index in [1.54, 1.807) is 6.07 Å². The van der Waals surface area contributed by atoms with Gasteiger partial charge in [-0.25, -0.2) is 4.98 Å². The van der Waals surface area contributed by atoms with Crippen LogP contribution >= 0.6 is 11.6 Å². The highest BCUT2D eigenvalue weighted by molar-refractivity contribution is 7.85. The molecule has 3 aromatic rings. The van der Waals surface area contributed by atoms with Crippen molar-refractivity contribution < 1.29 is 18.5 Å². The molecule has 0 spiro atoms. The Bertz CT molecular complexity index is 1390. The van der Waals surface area contributed by atoms with Crippen LogP contribution in [0.25, 0.3) is 0 Å². The summed E-state index contributed by atoms with van der Waals surface area (Å²) in [5.74, 6) is 1.08. The number of hydrogen-bond acceptors (Lipinski definition) is 9. The first kappa shape index (κ1) is 32.8. The molecule has 3 heterocycles. The normalized spacial score (nSPS) is 14.1. The third kappa shape index (κ3) is 9.13. The fourth-order valence-electron chi connectivity index (χ4n) is 4.09.